The summed E-state index contributed by atoms with van der Waals surface area (Å²) >= 11 is 0. The molecule has 6 heteroatoms. The highest BCUT2D eigenvalue weighted by atomic mass is 32.2. The van der Waals surface area contributed by atoms with E-state index in [9.17, 15) is 8.42 Å². The van der Waals surface area contributed by atoms with Crippen LogP contribution in [0, 0.1) is 0 Å². The van der Waals surface area contributed by atoms with Crippen molar-refractivity contribution in [3.05, 3.63) is 0 Å². The predicted octanol–water partition coefficient (Wildman–Crippen LogP) is -0.389. The van der Waals surface area contributed by atoms with Crippen molar-refractivity contribution in [1.82, 2.24) is 9.03 Å². The Kier molecular flexibility index (Phi) is 3.66. The Morgan fingerprint density at radius 3 is 2.31 bits per heavy atom. The molecule has 1 saturated heterocycles. The Bertz CT molecular complexity index is 244. The van der Waals surface area contributed by atoms with E-state index in [0.29, 0.717) is 13.1 Å². The topological polar surface area (TPSA) is 75.4 Å². The molecule has 1 aliphatic heterocycles. The molecule has 0 aromatic rings. The van der Waals surface area contributed by atoms with E-state index in [4.69, 9.17) is 5.73 Å². The molecule has 1 unspecified atom stereocenters. The number of hydrogen-bond donors (Lipinski definition) is 2. The Hall–Kier alpha value is -0.170. The third-order valence-corrected chi connectivity index (χ3v) is 3.70. The van der Waals surface area contributed by atoms with Crippen LogP contribution in [-0.4, -0.2) is 32.0 Å². The van der Waals surface area contributed by atoms with Gasteiger partial charge in [-0.25, -0.2) is 0 Å². The minimum absolute atomic E-state index is 0.521. The molecule has 0 aliphatic carbocycles. The zero-order valence-electron chi connectivity index (χ0n) is 7.86. The fraction of sp³-hybridized carbons (Fsp3) is 1.00. The maximum absolute atomic E-state index is 11.5. The molecule has 78 valence electrons. The van der Waals surface area contributed by atoms with E-state index in [0.717, 1.165) is 19.3 Å². The van der Waals surface area contributed by atoms with E-state index in [1.165, 1.54) is 4.31 Å². The van der Waals surface area contributed by atoms with Crippen LogP contribution in [0.5, 0.6) is 0 Å². The van der Waals surface area contributed by atoms with Crippen molar-refractivity contribution in [3.63, 3.8) is 0 Å². The van der Waals surface area contributed by atoms with Gasteiger partial charge in [-0.05, 0) is 19.8 Å². The molecule has 0 spiro atoms. The molecule has 0 radical (unpaired) electrons. The summed E-state index contributed by atoms with van der Waals surface area (Å²) < 4.78 is 26.9. The fourth-order valence-electron chi connectivity index (χ4n) is 1.41. The van der Waals surface area contributed by atoms with Gasteiger partial charge in [0.25, 0.3) is 10.2 Å². The van der Waals surface area contributed by atoms with Gasteiger partial charge in [-0.1, -0.05) is 6.42 Å². The molecule has 0 bridgehead atoms. The van der Waals surface area contributed by atoms with Crippen LogP contribution in [0.4, 0.5) is 0 Å². The average Bonchev–Trinajstić information content (AvgIpc) is 2.04. The Morgan fingerprint density at radius 1 is 1.31 bits per heavy atom. The van der Waals surface area contributed by atoms with Crippen LogP contribution in [0.3, 0.4) is 0 Å². The van der Waals surface area contributed by atoms with Crippen LogP contribution in [0.25, 0.3) is 0 Å². The van der Waals surface area contributed by atoms with Gasteiger partial charge >= 0.3 is 0 Å². The molecule has 3 N–H and O–H groups in total. The van der Waals surface area contributed by atoms with Crippen LogP contribution >= 0.6 is 0 Å². The highest BCUT2D eigenvalue weighted by Gasteiger charge is 2.23. The lowest BCUT2D eigenvalue weighted by Gasteiger charge is -2.26. The van der Waals surface area contributed by atoms with E-state index in [1.54, 1.807) is 6.92 Å². The van der Waals surface area contributed by atoms with E-state index >= 15 is 0 Å². The maximum atomic E-state index is 11.5. The van der Waals surface area contributed by atoms with Gasteiger partial charge in [0.15, 0.2) is 0 Å². The third kappa shape index (κ3) is 3.22. The van der Waals surface area contributed by atoms with Gasteiger partial charge in [-0.15, -0.1) is 0 Å². The molecular formula is C7H17N3O2S. The van der Waals surface area contributed by atoms with E-state index in [-0.39, 0.29) is 0 Å². The van der Waals surface area contributed by atoms with Crippen LogP contribution < -0.4 is 10.5 Å². The molecule has 0 aromatic heterocycles. The zero-order valence-corrected chi connectivity index (χ0v) is 8.68. The highest BCUT2D eigenvalue weighted by molar-refractivity contribution is 7.87. The first-order chi connectivity index (χ1) is 6.02. The minimum atomic E-state index is -3.32. The van der Waals surface area contributed by atoms with Crippen LogP contribution in [-0.2, 0) is 10.2 Å². The number of nitrogens with zero attached hydrogens (tertiary/aromatic N) is 1. The normalized spacial score (nSPS) is 22.9. The Balaban J connectivity index is 2.57. The first kappa shape index (κ1) is 10.9. The summed E-state index contributed by atoms with van der Waals surface area (Å²) in [6.45, 7) is 2.84. The lowest BCUT2D eigenvalue weighted by Crippen LogP contribution is -2.49. The molecule has 1 aliphatic rings. The van der Waals surface area contributed by atoms with Gasteiger partial charge in [0.1, 0.15) is 0 Å². The van der Waals surface area contributed by atoms with Gasteiger partial charge in [-0.2, -0.15) is 17.4 Å². The lowest BCUT2D eigenvalue weighted by atomic mass is 10.2. The number of nitrogens with one attached hydrogen (secondary N) is 1. The summed E-state index contributed by atoms with van der Waals surface area (Å²) in [4.78, 5) is 0. The van der Waals surface area contributed by atoms with E-state index in [1.807, 2.05) is 0 Å². The van der Waals surface area contributed by atoms with Gasteiger partial charge in [0, 0.05) is 13.1 Å². The number of hydrogen-bond acceptors (Lipinski definition) is 3. The second-order valence-electron chi connectivity index (χ2n) is 3.37. The van der Waals surface area contributed by atoms with Gasteiger partial charge in [0.05, 0.1) is 6.17 Å². The largest absolute Gasteiger partial charge is 0.315 e. The van der Waals surface area contributed by atoms with Crippen molar-refractivity contribution >= 4 is 10.2 Å². The molecule has 0 amide bonds. The van der Waals surface area contributed by atoms with Gasteiger partial charge in [-0.3, -0.25) is 0 Å². The van der Waals surface area contributed by atoms with E-state index < -0.39 is 16.4 Å². The summed E-state index contributed by atoms with van der Waals surface area (Å²) in [5, 5.41) is 0. The van der Waals surface area contributed by atoms with Crippen molar-refractivity contribution < 1.29 is 8.42 Å². The molecule has 1 heterocycles. The van der Waals surface area contributed by atoms with Crippen LogP contribution in [0.1, 0.15) is 26.2 Å². The van der Waals surface area contributed by atoms with Crippen LogP contribution in [0.2, 0.25) is 0 Å². The Morgan fingerprint density at radius 2 is 1.85 bits per heavy atom. The lowest BCUT2D eigenvalue weighted by molar-refractivity contribution is 0.339. The molecule has 1 fully saturated rings. The third-order valence-electron chi connectivity index (χ3n) is 1.99. The fourth-order valence-corrected chi connectivity index (χ4v) is 2.77. The van der Waals surface area contributed by atoms with Gasteiger partial charge < -0.3 is 5.73 Å². The molecule has 0 aromatic carbocycles. The maximum Gasteiger partial charge on any atom is 0.280 e. The number of piperidine rings is 1. The highest BCUT2D eigenvalue weighted by Crippen LogP contribution is 2.11. The molecule has 1 rings (SSSR count). The van der Waals surface area contributed by atoms with Crippen molar-refractivity contribution in [2.45, 2.75) is 32.4 Å². The summed E-state index contributed by atoms with van der Waals surface area (Å²) in [6, 6.07) is 0. The van der Waals surface area contributed by atoms with Crippen molar-refractivity contribution in [1.29, 1.82) is 0 Å². The summed E-state index contributed by atoms with van der Waals surface area (Å²) in [5.74, 6) is 0. The van der Waals surface area contributed by atoms with Crippen LogP contribution in [0.15, 0.2) is 0 Å². The molecule has 5 nitrogen and oxygen atoms in total. The summed E-state index contributed by atoms with van der Waals surface area (Å²) in [5.41, 5.74) is 5.37. The zero-order chi connectivity index (χ0) is 9.90. The average molecular weight is 207 g/mol. The minimum Gasteiger partial charge on any atom is -0.315 e. The number of rotatable bonds is 3. The Labute approximate surface area is 79.5 Å². The quantitative estimate of drug-likeness (QED) is 0.619. The molecule has 13 heavy (non-hydrogen) atoms. The number of nitrogens with two attached hydrogens (primary N) is 1. The first-order valence-electron chi connectivity index (χ1n) is 4.55. The standard InChI is InChI=1S/C7H17N3O2S/c1-7(8)9-13(11,12)10-5-3-2-4-6-10/h7,9H,2-6,8H2,1H3. The molecular weight excluding hydrogens is 190 g/mol. The second-order valence-corrected chi connectivity index (χ2v) is 5.07. The smallest absolute Gasteiger partial charge is 0.280 e. The monoisotopic (exact) mass is 207 g/mol. The SMILES string of the molecule is CC(N)NS(=O)(=O)N1CCCCC1. The predicted molar refractivity (Wildman–Crippen MR) is 51.1 cm³/mol. The van der Waals surface area contributed by atoms with E-state index in [2.05, 4.69) is 4.72 Å². The van der Waals surface area contributed by atoms with Crippen molar-refractivity contribution in [3.8, 4) is 0 Å². The molecule has 1 atom stereocenters. The van der Waals surface area contributed by atoms with Crippen molar-refractivity contribution in [2.24, 2.45) is 5.73 Å². The summed E-state index contributed by atoms with van der Waals surface area (Å²) in [7, 11) is -3.32. The van der Waals surface area contributed by atoms with Crippen molar-refractivity contribution in [2.75, 3.05) is 13.1 Å². The summed E-state index contributed by atoms with van der Waals surface area (Å²) in [6.07, 6.45) is 2.48. The van der Waals surface area contributed by atoms with Gasteiger partial charge in [0.2, 0.25) is 0 Å². The second kappa shape index (κ2) is 4.36. The molecule has 0 saturated carbocycles. The first-order valence-corrected chi connectivity index (χ1v) is 5.99.